The normalized spacial score (nSPS) is 10.4. The maximum absolute atomic E-state index is 12.8. The van der Waals surface area contributed by atoms with E-state index in [1.165, 1.54) is 12.1 Å². The first-order chi connectivity index (χ1) is 8.70. The Labute approximate surface area is 105 Å². The molecule has 2 rings (SSSR count). The van der Waals surface area contributed by atoms with Gasteiger partial charge >= 0.3 is 0 Å². The smallest absolute Gasteiger partial charge is 0.225 e. The summed E-state index contributed by atoms with van der Waals surface area (Å²) in [5.74, 6) is 0.286. The Morgan fingerprint density at radius 3 is 2.28 bits per heavy atom. The molecule has 0 aliphatic heterocycles. The topological polar surface area (TPSA) is 49.2 Å². The van der Waals surface area contributed by atoms with Gasteiger partial charge in [0.05, 0.1) is 6.61 Å². The van der Waals surface area contributed by atoms with Crippen LogP contribution >= 0.6 is 0 Å². The van der Waals surface area contributed by atoms with Crippen molar-refractivity contribution >= 4 is 5.95 Å². The van der Waals surface area contributed by atoms with Gasteiger partial charge in [0, 0.05) is 31.5 Å². The Balaban J connectivity index is 2.19. The van der Waals surface area contributed by atoms with E-state index in [9.17, 15) is 4.39 Å². The van der Waals surface area contributed by atoms with Crippen LogP contribution in [-0.4, -0.2) is 35.3 Å². The Kier molecular flexibility index (Phi) is 3.84. The number of aromatic nitrogens is 2. The molecular formula is C13H14FN3O. The van der Waals surface area contributed by atoms with Gasteiger partial charge in [-0.25, -0.2) is 14.4 Å². The van der Waals surface area contributed by atoms with E-state index >= 15 is 0 Å². The summed E-state index contributed by atoms with van der Waals surface area (Å²) in [5, 5.41) is 8.82. The van der Waals surface area contributed by atoms with E-state index in [1.807, 2.05) is 7.05 Å². The van der Waals surface area contributed by atoms with Gasteiger partial charge in [-0.3, -0.25) is 0 Å². The summed E-state index contributed by atoms with van der Waals surface area (Å²) >= 11 is 0. The number of anilines is 1. The number of benzene rings is 1. The van der Waals surface area contributed by atoms with Gasteiger partial charge in [-0.15, -0.1) is 0 Å². The first-order valence-electron chi connectivity index (χ1n) is 5.60. The van der Waals surface area contributed by atoms with Gasteiger partial charge in [0.15, 0.2) is 0 Å². The molecule has 1 aromatic carbocycles. The van der Waals surface area contributed by atoms with Gasteiger partial charge in [0.2, 0.25) is 5.95 Å². The van der Waals surface area contributed by atoms with Gasteiger partial charge < -0.3 is 10.0 Å². The number of hydrogen-bond acceptors (Lipinski definition) is 4. The predicted molar refractivity (Wildman–Crippen MR) is 67.8 cm³/mol. The molecule has 2 aromatic rings. The van der Waals surface area contributed by atoms with Crippen LogP contribution in [0.25, 0.3) is 11.1 Å². The highest BCUT2D eigenvalue weighted by atomic mass is 19.1. The van der Waals surface area contributed by atoms with E-state index < -0.39 is 0 Å². The van der Waals surface area contributed by atoms with E-state index in [-0.39, 0.29) is 12.4 Å². The van der Waals surface area contributed by atoms with Crippen molar-refractivity contribution in [2.75, 3.05) is 25.1 Å². The number of likely N-dealkylation sites (N-methyl/N-ethyl adjacent to an activating group) is 1. The number of halogens is 1. The molecule has 0 radical (unpaired) electrons. The molecule has 0 spiro atoms. The molecule has 0 bridgehead atoms. The van der Waals surface area contributed by atoms with E-state index in [4.69, 9.17) is 5.11 Å². The molecule has 0 unspecified atom stereocenters. The zero-order valence-corrected chi connectivity index (χ0v) is 10.0. The summed E-state index contributed by atoms with van der Waals surface area (Å²) in [6.45, 7) is 0.537. The van der Waals surface area contributed by atoms with Crippen LogP contribution < -0.4 is 4.90 Å². The largest absolute Gasteiger partial charge is 0.395 e. The average molecular weight is 247 g/mol. The molecule has 0 amide bonds. The summed E-state index contributed by atoms with van der Waals surface area (Å²) in [5.41, 5.74) is 1.70. The monoisotopic (exact) mass is 247 g/mol. The molecule has 1 aromatic heterocycles. The van der Waals surface area contributed by atoms with Crippen molar-refractivity contribution in [1.82, 2.24) is 9.97 Å². The third kappa shape index (κ3) is 2.81. The van der Waals surface area contributed by atoms with E-state index in [2.05, 4.69) is 9.97 Å². The molecular weight excluding hydrogens is 233 g/mol. The summed E-state index contributed by atoms with van der Waals surface area (Å²) in [7, 11) is 1.81. The van der Waals surface area contributed by atoms with Crippen LogP contribution in [0, 0.1) is 5.82 Å². The van der Waals surface area contributed by atoms with Crippen LogP contribution in [0.2, 0.25) is 0 Å². The lowest BCUT2D eigenvalue weighted by Gasteiger charge is -2.15. The molecule has 1 N–H and O–H groups in total. The maximum atomic E-state index is 12.8. The van der Waals surface area contributed by atoms with Crippen molar-refractivity contribution in [3.05, 3.63) is 42.5 Å². The Morgan fingerprint density at radius 1 is 1.11 bits per heavy atom. The fraction of sp³-hybridized carbons (Fsp3) is 0.231. The molecule has 18 heavy (non-hydrogen) atoms. The van der Waals surface area contributed by atoms with Gasteiger partial charge in [0.25, 0.3) is 0 Å². The van der Waals surface area contributed by atoms with Crippen LogP contribution in [0.5, 0.6) is 0 Å². The van der Waals surface area contributed by atoms with Gasteiger partial charge in [-0.05, 0) is 17.7 Å². The van der Waals surface area contributed by atoms with Gasteiger partial charge in [-0.2, -0.15) is 0 Å². The number of aliphatic hydroxyl groups excluding tert-OH is 1. The average Bonchev–Trinajstić information content (AvgIpc) is 2.40. The molecule has 0 aliphatic rings. The molecule has 4 nitrogen and oxygen atoms in total. The second-order valence-corrected chi connectivity index (χ2v) is 3.92. The van der Waals surface area contributed by atoms with E-state index in [0.29, 0.717) is 12.5 Å². The van der Waals surface area contributed by atoms with Gasteiger partial charge in [-0.1, -0.05) is 12.1 Å². The van der Waals surface area contributed by atoms with Crippen LogP contribution in [-0.2, 0) is 0 Å². The van der Waals surface area contributed by atoms with Crippen molar-refractivity contribution in [2.24, 2.45) is 0 Å². The molecule has 0 atom stereocenters. The Bertz CT molecular complexity index is 499. The molecule has 94 valence electrons. The minimum atomic E-state index is -0.265. The zero-order valence-electron chi connectivity index (χ0n) is 10.0. The minimum absolute atomic E-state index is 0.0551. The number of nitrogens with zero attached hydrogens (tertiary/aromatic N) is 3. The first kappa shape index (κ1) is 12.4. The highest BCUT2D eigenvalue weighted by molar-refractivity contribution is 5.61. The second-order valence-electron chi connectivity index (χ2n) is 3.92. The summed E-state index contributed by atoms with van der Waals surface area (Å²) in [6.07, 6.45) is 3.37. The van der Waals surface area contributed by atoms with E-state index in [0.717, 1.165) is 11.1 Å². The van der Waals surface area contributed by atoms with Crippen molar-refractivity contribution in [3.8, 4) is 11.1 Å². The third-order valence-electron chi connectivity index (χ3n) is 2.59. The second kappa shape index (κ2) is 5.55. The number of hydrogen-bond donors (Lipinski definition) is 1. The fourth-order valence-electron chi connectivity index (χ4n) is 1.56. The molecule has 0 aliphatic carbocycles. The van der Waals surface area contributed by atoms with Crippen LogP contribution in [0.1, 0.15) is 0 Å². The third-order valence-corrected chi connectivity index (χ3v) is 2.59. The molecule has 5 heteroatoms. The fourth-order valence-corrected chi connectivity index (χ4v) is 1.56. The summed E-state index contributed by atoms with van der Waals surface area (Å²) in [4.78, 5) is 10.2. The predicted octanol–water partition coefficient (Wildman–Crippen LogP) is 1.71. The zero-order chi connectivity index (χ0) is 13.0. The summed E-state index contributed by atoms with van der Waals surface area (Å²) in [6, 6.07) is 6.18. The van der Waals surface area contributed by atoms with Gasteiger partial charge in [0.1, 0.15) is 5.82 Å². The maximum Gasteiger partial charge on any atom is 0.225 e. The SMILES string of the molecule is CN(CCO)c1ncc(-c2ccc(F)cc2)cn1. The Hall–Kier alpha value is -2.01. The van der Waals surface area contributed by atoms with E-state index in [1.54, 1.807) is 29.4 Å². The van der Waals surface area contributed by atoms with Crippen molar-refractivity contribution in [3.63, 3.8) is 0 Å². The van der Waals surface area contributed by atoms with Crippen LogP contribution in [0.4, 0.5) is 10.3 Å². The van der Waals surface area contributed by atoms with Crippen molar-refractivity contribution in [2.45, 2.75) is 0 Å². The molecule has 0 saturated carbocycles. The lowest BCUT2D eigenvalue weighted by Crippen LogP contribution is -2.23. The lowest BCUT2D eigenvalue weighted by atomic mass is 10.1. The first-order valence-corrected chi connectivity index (χ1v) is 5.60. The minimum Gasteiger partial charge on any atom is -0.395 e. The highest BCUT2D eigenvalue weighted by Crippen LogP contribution is 2.18. The van der Waals surface area contributed by atoms with Crippen molar-refractivity contribution in [1.29, 1.82) is 0 Å². The summed E-state index contributed by atoms with van der Waals surface area (Å²) < 4.78 is 12.8. The number of rotatable bonds is 4. The highest BCUT2D eigenvalue weighted by Gasteiger charge is 2.04. The molecule has 1 heterocycles. The quantitative estimate of drug-likeness (QED) is 0.893. The molecule has 0 saturated heterocycles. The lowest BCUT2D eigenvalue weighted by molar-refractivity contribution is 0.303. The molecule has 0 fully saturated rings. The Morgan fingerprint density at radius 2 is 1.72 bits per heavy atom. The van der Waals surface area contributed by atoms with Crippen LogP contribution in [0.15, 0.2) is 36.7 Å². The number of aliphatic hydroxyl groups is 1. The van der Waals surface area contributed by atoms with Crippen molar-refractivity contribution < 1.29 is 9.50 Å². The standard InChI is InChI=1S/C13H14FN3O/c1-17(6-7-18)13-15-8-11(9-16-13)10-2-4-12(14)5-3-10/h2-5,8-9,18H,6-7H2,1H3. The van der Waals surface area contributed by atoms with Crippen LogP contribution in [0.3, 0.4) is 0 Å².